The Hall–Kier alpha value is -0.910. The fourth-order valence-corrected chi connectivity index (χ4v) is 3.14. The zero-order valence-electron chi connectivity index (χ0n) is 8.27. The van der Waals surface area contributed by atoms with Gasteiger partial charge in [-0.25, -0.2) is 13.1 Å². The van der Waals surface area contributed by atoms with Crippen molar-refractivity contribution in [2.45, 2.75) is 37.8 Å². The Kier molecular flexibility index (Phi) is 2.10. The van der Waals surface area contributed by atoms with Gasteiger partial charge in [0.25, 0.3) is 0 Å². The molecule has 0 unspecified atom stereocenters. The van der Waals surface area contributed by atoms with Crippen molar-refractivity contribution in [3.63, 3.8) is 0 Å². The van der Waals surface area contributed by atoms with E-state index in [0.717, 1.165) is 12.1 Å². The summed E-state index contributed by atoms with van der Waals surface area (Å²) in [6, 6.07) is 0.166. The lowest BCUT2D eigenvalue weighted by Crippen LogP contribution is -2.18. The number of hydrogen-bond acceptors (Lipinski definition) is 4. The van der Waals surface area contributed by atoms with Crippen LogP contribution in [0.2, 0.25) is 0 Å². The molecule has 78 valence electrons. The van der Waals surface area contributed by atoms with Gasteiger partial charge in [-0.05, 0) is 26.7 Å². The minimum absolute atomic E-state index is 0.166. The van der Waals surface area contributed by atoms with E-state index in [1.165, 1.54) is 0 Å². The van der Waals surface area contributed by atoms with Crippen molar-refractivity contribution in [1.82, 2.24) is 15.0 Å². The van der Waals surface area contributed by atoms with Crippen LogP contribution in [0, 0.1) is 0 Å². The minimum atomic E-state index is -3.15. The van der Waals surface area contributed by atoms with Crippen molar-refractivity contribution >= 4 is 9.84 Å². The van der Waals surface area contributed by atoms with Crippen LogP contribution >= 0.6 is 0 Å². The predicted octanol–water partition coefficient (Wildman–Crippen LogP) is 0.579. The Morgan fingerprint density at radius 3 is 2.79 bits per heavy atom. The van der Waals surface area contributed by atoms with Gasteiger partial charge in [0.1, 0.15) is 0 Å². The topological polar surface area (TPSA) is 64.8 Å². The van der Waals surface area contributed by atoms with Crippen molar-refractivity contribution in [2.75, 3.05) is 5.75 Å². The van der Waals surface area contributed by atoms with Crippen LogP contribution in [-0.2, 0) is 16.3 Å². The number of sulfone groups is 1. The number of aromatic nitrogens is 3. The Bertz CT molecular complexity index is 447. The van der Waals surface area contributed by atoms with Crippen LogP contribution in [0.1, 0.15) is 32.0 Å². The molecule has 6 heteroatoms. The highest BCUT2D eigenvalue weighted by Crippen LogP contribution is 2.24. The second-order valence-electron chi connectivity index (χ2n) is 3.80. The Balaban J connectivity index is 2.60. The molecule has 5 nitrogen and oxygen atoms in total. The summed E-state index contributed by atoms with van der Waals surface area (Å²) < 4.78 is 24.9. The number of nitrogens with zero attached hydrogens (tertiary/aromatic N) is 3. The van der Waals surface area contributed by atoms with Crippen LogP contribution in [0.25, 0.3) is 0 Å². The van der Waals surface area contributed by atoms with E-state index in [-0.39, 0.29) is 16.8 Å². The lowest BCUT2D eigenvalue weighted by atomic mass is 10.2. The van der Waals surface area contributed by atoms with Gasteiger partial charge in [-0.2, -0.15) is 0 Å². The van der Waals surface area contributed by atoms with Crippen molar-refractivity contribution in [2.24, 2.45) is 0 Å². The van der Waals surface area contributed by atoms with E-state index in [9.17, 15) is 8.42 Å². The molecule has 0 N–H and O–H groups in total. The van der Waals surface area contributed by atoms with Crippen molar-refractivity contribution in [3.8, 4) is 0 Å². The molecule has 0 fully saturated rings. The first-order valence-electron chi connectivity index (χ1n) is 4.69. The summed E-state index contributed by atoms with van der Waals surface area (Å²) in [6.07, 6.45) is 1.44. The molecule has 0 spiro atoms. The summed E-state index contributed by atoms with van der Waals surface area (Å²) in [5.41, 5.74) is 0.770. The molecule has 0 aliphatic carbocycles. The normalized spacial score (nSPS) is 19.6. The standard InChI is InChI=1S/C8H13N3O2S/c1-6(2)11-7-4-3-5-14(12,13)8(7)9-10-11/h6H,3-5H2,1-2H3. The third-order valence-corrected chi connectivity index (χ3v) is 4.10. The zero-order chi connectivity index (χ0) is 10.3. The molecule has 1 aliphatic heterocycles. The fourth-order valence-electron chi connectivity index (χ4n) is 1.70. The Morgan fingerprint density at radius 2 is 2.14 bits per heavy atom. The molecule has 1 aromatic heterocycles. The first-order valence-corrected chi connectivity index (χ1v) is 6.34. The van der Waals surface area contributed by atoms with Gasteiger partial charge in [-0.15, -0.1) is 5.10 Å². The van der Waals surface area contributed by atoms with Gasteiger partial charge < -0.3 is 0 Å². The maximum Gasteiger partial charge on any atom is 0.200 e. The maximum atomic E-state index is 11.6. The molecule has 0 saturated carbocycles. The van der Waals surface area contributed by atoms with Gasteiger partial charge in [0.2, 0.25) is 0 Å². The SMILES string of the molecule is CC(C)n1nnc2c1CCCS2(=O)=O. The average Bonchev–Trinajstić information content (AvgIpc) is 2.48. The van der Waals surface area contributed by atoms with Gasteiger partial charge in [-0.3, -0.25) is 0 Å². The first kappa shape index (κ1) is 9.64. The average molecular weight is 215 g/mol. The van der Waals surface area contributed by atoms with Gasteiger partial charge >= 0.3 is 0 Å². The maximum absolute atomic E-state index is 11.6. The van der Waals surface area contributed by atoms with E-state index in [1.54, 1.807) is 4.68 Å². The van der Waals surface area contributed by atoms with E-state index in [2.05, 4.69) is 10.3 Å². The van der Waals surface area contributed by atoms with Crippen LogP contribution in [0.4, 0.5) is 0 Å². The number of hydrogen-bond donors (Lipinski definition) is 0. The minimum Gasteiger partial charge on any atom is -0.246 e. The lowest BCUT2D eigenvalue weighted by Gasteiger charge is -2.14. The summed E-state index contributed by atoms with van der Waals surface area (Å²) in [4.78, 5) is 0. The molecule has 0 radical (unpaired) electrons. The highest BCUT2D eigenvalue weighted by atomic mass is 32.2. The van der Waals surface area contributed by atoms with Crippen LogP contribution < -0.4 is 0 Å². The van der Waals surface area contributed by atoms with Gasteiger partial charge in [-0.1, -0.05) is 5.21 Å². The molecule has 1 aliphatic rings. The van der Waals surface area contributed by atoms with E-state index < -0.39 is 9.84 Å². The molecule has 0 atom stereocenters. The van der Waals surface area contributed by atoms with Crippen LogP contribution in [-0.4, -0.2) is 29.2 Å². The predicted molar refractivity (Wildman–Crippen MR) is 50.8 cm³/mol. The summed E-state index contributed by atoms with van der Waals surface area (Å²) in [5, 5.41) is 7.83. The molecule has 0 saturated heterocycles. The molecule has 0 bridgehead atoms. The van der Waals surface area contributed by atoms with Crippen molar-refractivity contribution < 1.29 is 8.42 Å². The number of fused-ring (bicyclic) bond motifs is 1. The molecule has 1 aromatic rings. The zero-order valence-corrected chi connectivity index (χ0v) is 9.08. The molecular formula is C8H13N3O2S. The third-order valence-electron chi connectivity index (χ3n) is 2.37. The lowest BCUT2D eigenvalue weighted by molar-refractivity contribution is 0.490. The van der Waals surface area contributed by atoms with Gasteiger partial charge in [0, 0.05) is 6.04 Å². The van der Waals surface area contributed by atoms with Crippen LogP contribution in [0.5, 0.6) is 0 Å². The summed E-state index contributed by atoms with van der Waals surface area (Å²) in [5.74, 6) is 0.205. The fraction of sp³-hybridized carbons (Fsp3) is 0.750. The quantitative estimate of drug-likeness (QED) is 0.687. The van der Waals surface area contributed by atoms with E-state index in [4.69, 9.17) is 0 Å². The van der Waals surface area contributed by atoms with E-state index >= 15 is 0 Å². The second-order valence-corrected chi connectivity index (χ2v) is 5.83. The second kappa shape index (κ2) is 3.05. The van der Waals surface area contributed by atoms with Crippen LogP contribution in [0.3, 0.4) is 0 Å². The van der Waals surface area contributed by atoms with E-state index in [0.29, 0.717) is 6.42 Å². The Labute approximate surface area is 83.0 Å². The summed E-state index contributed by atoms with van der Waals surface area (Å²) in [7, 11) is -3.15. The van der Waals surface area contributed by atoms with E-state index in [1.807, 2.05) is 13.8 Å². The van der Waals surface area contributed by atoms with Crippen molar-refractivity contribution in [1.29, 1.82) is 0 Å². The monoisotopic (exact) mass is 215 g/mol. The highest BCUT2D eigenvalue weighted by molar-refractivity contribution is 7.91. The summed E-state index contributed by atoms with van der Waals surface area (Å²) in [6.45, 7) is 3.94. The summed E-state index contributed by atoms with van der Waals surface area (Å²) >= 11 is 0. The molecule has 2 rings (SSSR count). The first-order chi connectivity index (χ1) is 6.52. The largest absolute Gasteiger partial charge is 0.246 e. The smallest absolute Gasteiger partial charge is 0.200 e. The van der Waals surface area contributed by atoms with Gasteiger partial charge in [0.05, 0.1) is 11.4 Å². The molecule has 2 heterocycles. The van der Waals surface area contributed by atoms with Crippen molar-refractivity contribution in [3.05, 3.63) is 5.69 Å². The van der Waals surface area contributed by atoms with Crippen LogP contribution in [0.15, 0.2) is 5.03 Å². The Morgan fingerprint density at radius 1 is 1.43 bits per heavy atom. The molecule has 0 aromatic carbocycles. The van der Waals surface area contributed by atoms with Gasteiger partial charge in [0.15, 0.2) is 14.9 Å². The third kappa shape index (κ3) is 1.33. The highest BCUT2D eigenvalue weighted by Gasteiger charge is 2.29. The number of rotatable bonds is 1. The molecule has 0 amide bonds. The molecular weight excluding hydrogens is 202 g/mol. The molecule has 14 heavy (non-hydrogen) atoms.